The Hall–Kier alpha value is -0.870. The summed E-state index contributed by atoms with van der Waals surface area (Å²) in [5.74, 6) is 0.919. The lowest BCUT2D eigenvalue weighted by Crippen LogP contribution is -2.46. The van der Waals surface area contributed by atoms with Crippen LogP contribution in [0.5, 0.6) is 0 Å². The molecule has 2 atom stereocenters. The molecular formula is C11H16ClN3O. The van der Waals surface area contributed by atoms with E-state index < -0.39 is 0 Å². The number of ether oxygens (including phenoxy) is 1. The van der Waals surface area contributed by atoms with Gasteiger partial charge in [0, 0.05) is 24.8 Å². The molecule has 1 saturated heterocycles. The van der Waals surface area contributed by atoms with Gasteiger partial charge in [-0.25, -0.2) is 9.97 Å². The second-order valence-corrected chi connectivity index (χ2v) is 4.65. The van der Waals surface area contributed by atoms with E-state index in [0.717, 1.165) is 24.5 Å². The van der Waals surface area contributed by atoms with Gasteiger partial charge in [-0.15, -0.1) is 0 Å². The van der Waals surface area contributed by atoms with E-state index in [9.17, 15) is 0 Å². The summed E-state index contributed by atoms with van der Waals surface area (Å²) in [6.07, 6.45) is 2.20. The van der Waals surface area contributed by atoms with Crippen molar-refractivity contribution in [2.24, 2.45) is 0 Å². The fourth-order valence-corrected chi connectivity index (χ4v) is 2.21. The molecule has 1 aliphatic rings. The van der Waals surface area contributed by atoms with E-state index in [1.807, 2.05) is 6.92 Å². The molecule has 0 aliphatic carbocycles. The lowest BCUT2D eigenvalue weighted by Gasteiger charge is -2.36. The van der Waals surface area contributed by atoms with Gasteiger partial charge in [0.05, 0.1) is 12.2 Å². The summed E-state index contributed by atoms with van der Waals surface area (Å²) in [6, 6.07) is 0. The number of anilines is 1. The maximum absolute atomic E-state index is 5.83. The van der Waals surface area contributed by atoms with Crippen molar-refractivity contribution < 1.29 is 4.74 Å². The molecule has 0 unspecified atom stereocenters. The van der Waals surface area contributed by atoms with Crippen LogP contribution in [0.2, 0.25) is 5.28 Å². The van der Waals surface area contributed by atoms with Gasteiger partial charge in [-0.1, -0.05) is 0 Å². The molecule has 1 aliphatic heterocycles. The zero-order valence-corrected chi connectivity index (χ0v) is 10.5. The predicted molar refractivity (Wildman–Crippen MR) is 64.0 cm³/mol. The van der Waals surface area contributed by atoms with Crippen LogP contribution in [0.25, 0.3) is 0 Å². The topological polar surface area (TPSA) is 38.2 Å². The second-order valence-electron chi connectivity index (χ2n) is 4.31. The van der Waals surface area contributed by atoms with E-state index in [4.69, 9.17) is 16.3 Å². The third kappa shape index (κ3) is 2.44. The third-order valence-corrected chi connectivity index (χ3v) is 2.82. The molecule has 4 nitrogen and oxygen atoms in total. The smallest absolute Gasteiger partial charge is 0.224 e. The molecule has 0 spiro atoms. The van der Waals surface area contributed by atoms with Crippen LogP contribution in [-0.4, -0.2) is 35.3 Å². The molecule has 1 aromatic heterocycles. The number of hydrogen-bond acceptors (Lipinski definition) is 4. The molecule has 0 amide bonds. The largest absolute Gasteiger partial charge is 0.372 e. The van der Waals surface area contributed by atoms with E-state index in [1.165, 1.54) is 0 Å². The minimum atomic E-state index is 0.219. The van der Waals surface area contributed by atoms with Gasteiger partial charge in [-0.05, 0) is 32.4 Å². The Morgan fingerprint density at radius 2 is 2.00 bits per heavy atom. The van der Waals surface area contributed by atoms with Gasteiger partial charge in [0.25, 0.3) is 0 Å². The summed E-state index contributed by atoms with van der Waals surface area (Å²) in [5.41, 5.74) is 1.05. The molecule has 88 valence electrons. The number of hydrogen-bond donors (Lipinski definition) is 0. The maximum Gasteiger partial charge on any atom is 0.224 e. The molecule has 2 heterocycles. The van der Waals surface area contributed by atoms with Crippen LogP contribution in [0.3, 0.4) is 0 Å². The van der Waals surface area contributed by atoms with E-state index in [2.05, 4.69) is 28.7 Å². The maximum atomic E-state index is 5.83. The highest BCUT2D eigenvalue weighted by Gasteiger charge is 2.24. The van der Waals surface area contributed by atoms with Crippen LogP contribution in [-0.2, 0) is 4.74 Å². The molecule has 16 heavy (non-hydrogen) atoms. The number of aryl methyl sites for hydroxylation is 1. The van der Waals surface area contributed by atoms with E-state index in [1.54, 1.807) is 6.20 Å². The molecule has 0 radical (unpaired) electrons. The zero-order chi connectivity index (χ0) is 11.7. The van der Waals surface area contributed by atoms with Gasteiger partial charge in [0.2, 0.25) is 5.28 Å². The van der Waals surface area contributed by atoms with Gasteiger partial charge in [0.1, 0.15) is 5.82 Å². The molecule has 2 rings (SSSR count). The van der Waals surface area contributed by atoms with Crippen molar-refractivity contribution in [2.45, 2.75) is 33.0 Å². The monoisotopic (exact) mass is 241 g/mol. The first-order chi connectivity index (χ1) is 7.56. The van der Waals surface area contributed by atoms with Gasteiger partial charge >= 0.3 is 0 Å². The number of aromatic nitrogens is 2. The fourth-order valence-electron chi connectivity index (χ4n) is 2.08. The molecule has 0 aromatic carbocycles. The zero-order valence-electron chi connectivity index (χ0n) is 9.77. The van der Waals surface area contributed by atoms with Crippen molar-refractivity contribution in [1.29, 1.82) is 0 Å². The summed E-state index contributed by atoms with van der Waals surface area (Å²) < 4.78 is 5.69. The molecule has 0 bridgehead atoms. The molecule has 0 saturated carbocycles. The lowest BCUT2D eigenvalue weighted by atomic mass is 10.2. The molecule has 1 fully saturated rings. The van der Waals surface area contributed by atoms with E-state index >= 15 is 0 Å². The molecule has 0 N–H and O–H groups in total. The summed E-state index contributed by atoms with van der Waals surface area (Å²) in [4.78, 5) is 10.5. The summed E-state index contributed by atoms with van der Waals surface area (Å²) in [6.45, 7) is 7.83. The Kier molecular flexibility index (Phi) is 3.30. The van der Waals surface area contributed by atoms with Gasteiger partial charge in [0.15, 0.2) is 0 Å². The van der Waals surface area contributed by atoms with Crippen LogP contribution < -0.4 is 4.90 Å². The van der Waals surface area contributed by atoms with E-state index in [0.29, 0.717) is 5.28 Å². The molecule has 1 aromatic rings. The van der Waals surface area contributed by atoms with Crippen molar-refractivity contribution in [3.63, 3.8) is 0 Å². The number of morpholine rings is 1. The van der Waals surface area contributed by atoms with Crippen molar-refractivity contribution in [3.8, 4) is 0 Å². The van der Waals surface area contributed by atoms with E-state index in [-0.39, 0.29) is 12.2 Å². The number of nitrogens with zero attached hydrogens (tertiary/aromatic N) is 3. The first-order valence-electron chi connectivity index (χ1n) is 5.46. The van der Waals surface area contributed by atoms with Crippen LogP contribution >= 0.6 is 11.6 Å². The van der Waals surface area contributed by atoms with Crippen molar-refractivity contribution >= 4 is 17.4 Å². The second kappa shape index (κ2) is 4.55. The highest BCUT2D eigenvalue weighted by molar-refractivity contribution is 6.28. The predicted octanol–water partition coefficient (Wildman–Crippen LogP) is 2.05. The SMILES string of the molecule is Cc1cnc(Cl)nc1N1C[C@@H](C)O[C@@H](C)C1. The van der Waals surface area contributed by atoms with Crippen LogP contribution in [0.15, 0.2) is 6.20 Å². The van der Waals surface area contributed by atoms with Crippen LogP contribution in [0, 0.1) is 6.92 Å². The Balaban J connectivity index is 2.25. The van der Waals surface area contributed by atoms with Crippen molar-refractivity contribution in [3.05, 3.63) is 17.0 Å². The fraction of sp³-hybridized carbons (Fsp3) is 0.636. The Labute approximate surface area is 101 Å². The normalized spacial score (nSPS) is 25.9. The summed E-state index contributed by atoms with van der Waals surface area (Å²) >= 11 is 5.83. The summed E-state index contributed by atoms with van der Waals surface area (Å²) in [5, 5.41) is 0.299. The lowest BCUT2D eigenvalue weighted by molar-refractivity contribution is -0.00549. The first-order valence-corrected chi connectivity index (χ1v) is 5.83. The number of halogens is 1. The van der Waals surface area contributed by atoms with Crippen LogP contribution in [0.4, 0.5) is 5.82 Å². The van der Waals surface area contributed by atoms with Crippen molar-refractivity contribution in [2.75, 3.05) is 18.0 Å². The average molecular weight is 242 g/mol. The third-order valence-electron chi connectivity index (χ3n) is 2.63. The molecule has 5 heteroatoms. The highest BCUT2D eigenvalue weighted by atomic mass is 35.5. The Morgan fingerprint density at radius 1 is 1.38 bits per heavy atom. The van der Waals surface area contributed by atoms with Gasteiger partial charge in [-0.2, -0.15) is 0 Å². The molecular weight excluding hydrogens is 226 g/mol. The van der Waals surface area contributed by atoms with Crippen LogP contribution in [0.1, 0.15) is 19.4 Å². The number of rotatable bonds is 1. The highest BCUT2D eigenvalue weighted by Crippen LogP contribution is 2.22. The minimum Gasteiger partial charge on any atom is -0.372 e. The summed E-state index contributed by atoms with van der Waals surface area (Å²) in [7, 11) is 0. The van der Waals surface area contributed by atoms with Gasteiger partial charge in [-0.3, -0.25) is 0 Å². The Morgan fingerprint density at radius 3 is 2.62 bits per heavy atom. The van der Waals surface area contributed by atoms with Gasteiger partial charge < -0.3 is 9.64 Å². The minimum absolute atomic E-state index is 0.219. The standard InChI is InChI=1S/C11H16ClN3O/c1-7-4-13-11(12)14-10(7)15-5-8(2)16-9(3)6-15/h4,8-9H,5-6H2,1-3H3/t8-,9+. The van der Waals surface area contributed by atoms with Crippen molar-refractivity contribution in [1.82, 2.24) is 9.97 Å². The quantitative estimate of drug-likeness (QED) is 0.706. The Bertz CT molecular complexity index is 375. The average Bonchev–Trinajstić information content (AvgIpc) is 2.20. The first kappa shape index (κ1) is 11.6.